The molecule has 0 aliphatic rings. The van der Waals surface area contributed by atoms with Crippen molar-refractivity contribution in [2.45, 2.75) is 12.4 Å². The van der Waals surface area contributed by atoms with Gasteiger partial charge in [0.2, 0.25) is 0 Å². The fraction of sp³-hybridized carbons (Fsp3) is 0.143. The monoisotopic (exact) mass is 429 g/mol. The quantitative estimate of drug-likeness (QED) is 0.425. The highest BCUT2D eigenvalue weighted by Gasteiger charge is 2.38. The molecule has 1 aromatic carbocycles. The molecule has 0 radical (unpaired) electrons. The van der Waals surface area contributed by atoms with Gasteiger partial charge in [-0.25, -0.2) is 4.68 Å². The fourth-order valence-corrected chi connectivity index (χ4v) is 3.87. The van der Waals surface area contributed by atoms with Crippen molar-refractivity contribution >= 4 is 44.8 Å². The summed E-state index contributed by atoms with van der Waals surface area (Å²) in [5.74, 6) is 0. The normalized spacial score (nSPS) is 12.6. The molecule has 0 N–H and O–H groups in total. The van der Waals surface area contributed by atoms with Gasteiger partial charge in [-0.05, 0) is 12.1 Å². The van der Waals surface area contributed by atoms with Crippen LogP contribution in [0.1, 0.15) is 16.0 Å². The average Bonchev–Trinajstić information content (AvgIpc) is 3.02. The van der Waals surface area contributed by atoms with Crippen LogP contribution in [0.3, 0.4) is 0 Å². The number of hydrogen-bond acceptors (Lipinski definition) is 3. The average molecular weight is 430 g/mol. The second-order valence-corrected chi connectivity index (χ2v) is 6.86. The maximum atomic E-state index is 12.9. The Morgan fingerprint density at radius 2 is 1.62 bits per heavy atom. The zero-order valence-corrected chi connectivity index (χ0v) is 14.3. The summed E-state index contributed by atoms with van der Waals surface area (Å²) in [4.78, 5) is -1.10. The lowest BCUT2D eigenvalue weighted by Crippen LogP contribution is -2.07. The third kappa shape index (κ3) is 3.11. The highest BCUT2D eigenvalue weighted by atomic mass is 35.5. The molecular weight excluding hydrogens is 427 g/mol. The lowest BCUT2D eigenvalue weighted by Gasteiger charge is -2.12. The summed E-state index contributed by atoms with van der Waals surface area (Å²) in [6, 6.07) is 2.71. The van der Waals surface area contributed by atoms with Crippen LogP contribution in [0.4, 0.5) is 26.3 Å². The third-order valence-electron chi connectivity index (χ3n) is 3.30. The molecule has 0 unspecified atom stereocenters. The minimum Gasteiger partial charge on any atom is -0.236 e. The molecule has 0 fully saturated rings. The van der Waals surface area contributed by atoms with Gasteiger partial charge >= 0.3 is 12.4 Å². The van der Waals surface area contributed by atoms with E-state index in [0.717, 1.165) is 10.9 Å². The topological polar surface area (TPSA) is 41.6 Å². The van der Waals surface area contributed by atoms with Gasteiger partial charge in [0.15, 0.2) is 0 Å². The molecule has 12 heteroatoms. The molecule has 3 aromatic rings. The van der Waals surface area contributed by atoms with Gasteiger partial charge in [0.25, 0.3) is 0 Å². The number of hydrogen-bond donors (Lipinski definition) is 0. The molecule has 0 bridgehead atoms. The number of nitrogens with zero attached hydrogens (tertiary/aromatic N) is 3. The van der Waals surface area contributed by atoms with Crippen LogP contribution >= 0.6 is 34.5 Å². The second kappa shape index (κ2) is 6.04. The predicted molar refractivity (Wildman–Crippen MR) is 83.7 cm³/mol. The van der Waals surface area contributed by atoms with Gasteiger partial charge in [-0.15, -0.1) is 11.3 Å². The predicted octanol–water partition coefficient (Wildman–Crippen LogP) is 6.30. The molecule has 0 amide bonds. The van der Waals surface area contributed by atoms with E-state index >= 15 is 0 Å². The Hall–Kier alpha value is -1.96. The van der Waals surface area contributed by atoms with E-state index in [-0.39, 0.29) is 15.9 Å². The Labute approximate surface area is 155 Å². The molecule has 0 aliphatic carbocycles. The molecule has 26 heavy (non-hydrogen) atoms. The van der Waals surface area contributed by atoms with E-state index in [1.54, 1.807) is 0 Å². The Morgan fingerprint density at radius 3 is 2.08 bits per heavy atom. The zero-order valence-electron chi connectivity index (χ0n) is 12.0. The number of nitriles is 1. The van der Waals surface area contributed by atoms with Crippen molar-refractivity contribution in [2.75, 3.05) is 0 Å². The summed E-state index contributed by atoms with van der Waals surface area (Å²) in [6.07, 6.45) is -8.28. The second-order valence-electron chi connectivity index (χ2n) is 4.99. The highest BCUT2D eigenvalue weighted by molar-refractivity contribution is 7.19. The molecule has 0 spiro atoms. The van der Waals surface area contributed by atoms with Crippen LogP contribution in [-0.2, 0) is 12.4 Å². The first-order valence-electron chi connectivity index (χ1n) is 6.49. The Bertz CT molecular complexity index is 1030. The highest BCUT2D eigenvalue weighted by Crippen LogP contribution is 2.43. The van der Waals surface area contributed by atoms with Crippen molar-refractivity contribution in [3.05, 3.63) is 44.4 Å². The van der Waals surface area contributed by atoms with Crippen LogP contribution in [0, 0.1) is 11.3 Å². The Balaban J connectivity index is 2.19. The molecule has 3 rings (SSSR count). The van der Waals surface area contributed by atoms with Crippen molar-refractivity contribution in [2.24, 2.45) is 0 Å². The Morgan fingerprint density at radius 1 is 1.04 bits per heavy atom. The van der Waals surface area contributed by atoms with Crippen LogP contribution in [0.5, 0.6) is 0 Å². The van der Waals surface area contributed by atoms with Crippen molar-refractivity contribution in [1.29, 1.82) is 5.26 Å². The van der Waals surface area contributed by atoms with E-state index in [2.05, 4.69) is 5.10 Å². The van der Waals surface area contributed by atoms with Crippen LogP contribution < -0.4 is 0 Å². The molecule has 3 nitrogen and oxygen atoms in total. The number of fused-ring (bicyclic) bond motifs is 1. The lowest BCUT2D eigenvalue weighted by molar-refractivity contribution is -0.137. The first-order valence-corrected chi connectivity index (χ1v) is 8.06. The SMILES string of the molecule is N#Cc1c(C(F)(F)F)sc2cn(-c3c(Cl)cc(C(F)(F)F)cc3Cl)nc12. The van der Waals surface area contributed by atoms with E-state index in [0.29, 0.717) is 23.5 Å². The molecule has 136 valence electrons. The van der Waals surface area contributed by atoms with Gasteiger partial charge in [0.05, 0.1) is 20.3 Å². The minimum absolute atomic E-state index is 0.0147. The maximum Gasteiger partial charge on any atom is 0.426 e. The van der Waals surface area contributed by atoms with Crippen LogP contribution in [0.25, 0.3) is 15.9 Å². The summed E-state index contributed by atoms with van der Waals surface area (Å²) < 4.78 is 78.1. The molecule has 0 saturated carbocycles. The fourth-order valence-electron chi connectivity index (χ4n) is 2.24. The largest absolute Gasteiger partial charge is 0.426 e. The van der Waals surface area contributed by atoms with E-state index in [1.165, 1.54) is 6.07 Å². The van der Waals surface area contributed by atoms with Crippen LogP contribution in [0.2, 0.25) is 10.0 Å². The summed E-state index contributed by atoms with van der Waals surface area (Å²) in [7, 11) is 0. The summed E-state index contributed by atoms with van der Waals surface area (Å²) >= 11 is 12.0. The van der Waals surface area contributed by atoms with E-state index < -0.39 is 38.4 Å². The number of aromatic nitrogens is 2. The number of alkyl halides is 6. The molecule has 0 aliphatic heterocycles. The first-order chi connectivity index (χ1) is 11.9. The Kier molecular flexibility index (Phi) is 4.37. The van der Waals surface area contributed by atoms with E-state index in [1.807, 2.05) is 0 Å². The smallest absolute Gasteiger partial charge is 0.236 e. The standard InChI is InChI=1S/C14H3Cl2F6N3S/c15-7-1-5(13(17,18)19)2-8(16)11(7)25-4-9-10(24-25)6(3-23)12(26-9)14(20,21)22/h1-2,4H. The van der Waals surface area contributed by atoms with Crippen LogP contribution in [0.15, 0.2) is 18.3 Å². The summed E-state index contributed by atoms with van der Waals surface area (Å²) in [6.45, 7) is 0. The van der Waals surface area contributed by atoms with E-state index in [4.69, 9.17) is 28.5 Å². The summed E-state index contributed by atoms with van der Waals surface area (Å²) in [5.41, 5.74) is -2.13. The minimum atomic E-state index is -4.72. The van der Waals surface area contributed by atoms with Crippen LogP contribution in [-0.4, -0.2) is 9.78 Å². The molecule has 2 aromatic heterocycles. The number of rotatable bonds is 1. The number of benzene rings is 1. The van der Waals surface area contributed by atoms with Gasteiger partial charge in [0.1, 0.15) is 27.7 Å². The van der Waals surface area contributed by atoms with Gasteiger partial charge in [0, 0.05) is 6.20 Å². The third-order valence-corrected chi connectivity index (χ3v) is 5.03. The number of halogens is 8. The summed E-state index contributed by atoms with van der Waals surface area (Å²) in [5, 5.41) is 12.1. The van der Waals surface area contributed by atoms with Gasteiger partial charge < -0.3 is 0 Å². The molecule has 0 saturated heterocycles. The first kappa shape index (κ1) is 18.8. The van der Waals surface area contributed by atoms with Gasteiger partial charge in [-0.2, -0.15) is 36.7 Å². The molecule has 0 atom stereocenters. The van der Waals surface area contributed by atoms with Gasteiger partial charge in [-0.1, -0.05) is 23.2 Å². The maximum absolute atomic E-state index is 12.9. The van der Waals surface area contributed by atoms with Gasteiger partial charge in [-0.3, -0.25) is 0 Å². The number of thiophene rings is 1. The molecule has 2 heterocycles. The van der Waals surface area contributed by atoms with Crippen molar-refractivity contribution < 1.29 is 26.3 Å². The van der Waals surface area contributed by atoms with E-state index in [9.17, 15) is 26.3 Å². The van der Waals surface area contributed by atoms with Crippen molar-refractivity contribution in [3.63, 3.8) is 0 Å². The zero-order chi connectivity index (χ0) is 19.4. The lowest BCUT2D eigenvalue weighted by atomic mass is 10.2. The van der Waals surface area contributed by atoms with Crippen molar-refractivity contribution in [3.8, 4) is 11.8 Å². The molecular formula is C14H3Cl2F6N3S. The van der Waals surface area contributed by atoms with Crippen molar-refractivity contribution in [1.82, 2.24) is 9.78 Å².